The molecule has 7 nitrogen and oxygen atoms in total. The number of nitrogens with one attached hydrogen (secondary N) is 1. The molecular formula is C21H24N4O3. The minimum absolute atomic E-state index is 0.0430. The van der Waals surface area contributed by atoms with Gasteiger partial charge in [0.2, 0.25) is 0 Å². The average molecular weight is 380 g/mol. The Morgan fingerprint density at radius 1 is 1.14 bits per heavy atom. The molecule has 146 valence electrons. The van der Waals surface area contributed by atoms with Gasteiger partial charge in [0.15, 0.2) is 0 Å². The molecule has 0 aliphatic carbocycles. The number of aromatic amines is 1. The van der Waals surface area contributed by atoms with E-state index in [2.05, 4.69) is 14.9 Å². The predicted octanol–water partition coefficient (Wildman–Crippen LogP) is 2.41. The number of benzene rings is 1. The van der Waals surface area contributed by atoms with E-state index in [1.54, 1.807) is 19.5 Å². The van der Waals surface area contributed by atoms with Crippen LogP contribution in [-0.2, 0) is 0 Å². The van der Waals surface area contributed by atoms with Crippen molar-refractivity contribution in [1.29, 1.82) is 0 Å². The van der Waals surface area contributed by atoms with E-state index in [9.17, 15) is 4.79 Å². The van der Waals surface area contributed by atoms with Gasteiger partial charge in [-0.05, 0) is 36.4 Å². The van der Waals surface area contributed by atoms with E-state index in [0.29, 0.717) is 25.4 Å². The lowest BCUT2D eigenvalue weighted by Crippen LogP contribution is -2.49. The molecule has 7 heteroatoms. The number of fused-ring (bicyclic) bond motifs is 1. The van der Waals surface area contributed by atoms with Crippen LogP contribution in [0.15, 0.2) is 48.8 Å². The lowest BCUT2D eigenvalue weighted by molar-refractivity contribution is 0.0615. The van der Waals surface area contributed by atoms with Gasteiger partial charge in [-0.2, -0.15) is 0 Å². The molecule has 0 spiro atoms. The highest BCUT2D eigenvalue weighted by Crippen LogP contribution is 2.22. The summed E-state index contributed by atoms with van der Waals surface area (Å²) in [5.74, 6) is 1.61. The van der Waals surface area contributed by atoms with Crippen molar-refractivity contribution in [3.05, 3.63) is 54.5 Å². The second kappa shape index (κ2) is 8.31. The molecule has 1 fully saturated rings. The van der Waals surface area contributed by atoms with Crippen LogP contribution in [-0.4, -0.2) is 72.1 Å². The molecule has 1 aromatic carbocycles. The number of pyridine rings is 1. The maximum Gasteiger partial charge on any atom is 0.270 e. The van der Waals surface area contributed by atoms with Crippen molar-refractivity contribution < 1.29 is 14.3 Å². The second-order valence-corrected chi connectivity index (χ2v) is 6.81. The monoisotopic (exact) mass is 380 g/mol. The quantitative estimate of drug-likeness (QED) is 0.711. The summed E-state index contributed by atoms with van der Waals surface area (Å²) in [4.78, 5) is 24.3. The van der Waals surface area contributed by atoms with E-state index in [-0.39, 0.29) is 5.91 Å². The minimum atomic E-state index is 0.0430. The van der Waals surface area contributed by atoms with E-state index in [4.69, 9.17) is 9.47 Å². The molecule has 3 aromatic rings. The molecule has 2 aromatic heterocycles. The fraction of sp³-hybridized carbons (Fsp3) is 0.333. The van der Waals surface area contributed by atoms with Crippen molar-refractivity contribution in [2.45, 2.75) is 0 Å². The zero-order valence-corrected chi connectivity index (χ0v) is 15.9. The first-order chi connectivity index (χ1) is 13.7. The number of methoxy groups -OCH3 is 1. The van der Waals surface area contributed by atoms with Crippen molar-refractivity contribution in [1.82, 2.24) is 19.8 Å². The van der Waals surface area contributed by atoms with Crippen LogP contribution in [0.4, 0.5) is 0 Å². The highest BCUT2D eigenvalue weighted by Gasteiger charge is 2.23. The third kappa shape index (κ3) is 4.09. The van der Waals surface area contributed by atoms with Gasteiger partial charge in [-0.3, -0.25) is 14.7 Å². The number of piperazine rings is 1. The van der Waals surface area contributed by atoms with Gasteiger partial charge in [-0.15, -0.1) is 0 Å². The van der Waals surface area contributed by atoms with Crippen molar-refractivity contribution in [3.63, 3.8) is 0 Å². The third-order valence-electron chi connectivity index (χ3n) is 5.03. The number of ether oxygens (including phenoxy) is 2. The number of H-pyrrole nitrogens is 1. The number of nitrogens with zero attached hydrogens (tertiary/aromatic N) is 3. The molecular weight excluding hydrogens is 356 g/mol. The average Bonchev–Trinajstić information content (AvgIpc) is 3.18. The molecule has 0 saturated carbocycles. The summed E-state index contributed by atoms with van der Waals surface area (Å²) in [7, 11) is 1.64. The number of carbonyl (C=O) groups excluding carboxylic acids is 1. The summed E-state index contributed by atoms with van der Waals surface area (Å²) < 4.78 is 11.0. The molecule has 0 atom stereocenters. The van der Waals surface area contributed by atoms with Crippen molar-refractivity contribution in [2.75, 3.05) is 46.4 Å². The third-order valence-corrected chi connectivity index (χ3v) is 5.03. The van der Waals surface area contributed by atoms with Crippen LogP contribution in [0, 0.1) is 0 Å². The standard InChI is InChI=1S/C21H24N4O3/c1-27-17-4-5-19-16(13-17)14-20(23-19)21(26)25-9-7-24(8-10-25)11-12-28-18-3-2-6-22-15-18/h2-6,13-15,23H,7-12H2,1H3. The van der Waals surface area contributed by atoms with Gasteiger partial charge < -0.3 is 19.4 Å². The van der Waals surface area contributed by atoms with Crippen molar-refractivity contribution >= 4 is 16.8 Å². The Morgan fingerprint density at radius 2 is 2.00 bits per heavy atom. The van der Waals surface area contributed by atoms with Crippen molar-refractivity contribution in [2.24, 2.45) is 0 Å². The van der Waals surface area contributed by atoms with Crippen LogP contribution >= 0.6 is 0 Å². The Hall–Kier alpha value is -3.06. The Bertz CT molecular complexity index is 933. The summed E-state index contributed by atoms with van der Waals surface area (Å²) in [6.07, 6.45) is 3.44. The normalized spacial score (nSPS) is 15.0. The van der Waals surface area contributed by atoms with E-state index in [1.165, 1.54) is 0 Å². The molecule has 28 heavy (non-hydrogen) atoms. The number of hydrogen-bond acceptors (Lipinski definition) is 5. The number of carbonyl (C=O) groups is 1. The summed E-state index contributed by atoms with van der Waals surface area (Å²) in [5, 5.41) is 0.980. The molecule has 1 aliphatic heterocycles. The van der Waals surface area contributed by atoms with Gasteiger partial charge in [0.1, 0.15) is 23.8 Å². The zero-order chi connectivity index (χ0) is 19.3. The summed E-state index contributed by atoms with van der Waals surface area (Å²) in [6.45, 7) is 4.56. The SMILES string of the molecule is COc1ccc2[nH]c(C(=O)N3CCN(CCOc4cccnc4)CC3)cc2c1. The largest absolute Gasteiger partial charge is 0.497 e. The van der Waals surface area contributed by atoms with Crippen LogP contribution in [0.1, 0.15) is 10.5 Å². The Balaban J connectivity index is 1.29. The van der Waals surface area contributed by atoms with E-state index in [0.717, 1.165) is 42.0 Å². The molecule has 0 bridgehead atoms. The molecule has 0 unspecified atom stereocenters. The molecule has 4 rings (SSSR count). The van der Waals surface area contributed by atoms with E-state index < -0.39 is 0 Å². The zero-order valence-electron chi connectivity index (χ0n) is 15.9. The Labute approximate surface area is 163 Å². The van der Waals surface area contributed by atoms with Gasteiger partial charge in [0.25, 0.3) is 5.91 Å². The first kappa shape index (κ1) is 18.3. The minimum Gasteiger partial charge on any atom is -0.497 e. The van der Waals surface area contributed by atoms with Crippen LogP contribution in [0.5, 0.6) is 11.5 Å². The highest BCUT2D eigenvalue weighted by atomic mass is 16.5. The van der Waals surface area contributed by atoms with Gasteiger partial charge in [-0.25, -0.2) is 0 Å². The molecule has 1 aliphatic rings. The summed E-state index contributed by atoms with van der Waals surface area (Å²) >= 11 is 0. The molecule has 1 amide bonds. The highest BCUT2D eigenvalue weighted by molar-refractivity contribution is 5.98. The fourth-order valence-electron chi connectivity index (χ4n) is 3.42. The second-order valence-electron chi connectivity index (χ2n) is 6.81. The van der Waals surface area contributed by atoms with Gasteiger partial charge in [0.05, 0.1) is 13.3 Å². The van der Waals surface area contributed by atoms with Gasteiger partial charge in [-0.1, -0.05) is 0 Å². The van der Waals surface area contributed by atoms with Crippen LogP contribution in [0.25, 0.3) is 10.9 Å². The number of hydrogen-bond donors (Lipinski definition) is 1. The maximum atomic E-state index is 12.8. The molecule has 3 heterocycles. The Kier molecular flexibility index (Phi) is 5.43. The fourth-order valence-corrected chi connectivity index (χ4v) is 3.42. The lowest BCUT2D eigenvalue weighted by Gasteiger charge is -2.34. The Morgan fingerprint density at radius 3 is 2.75 bits per heavy atom. The lowest BCUT2D eigenvalue weighted by atomic mass is 10.2. The maximum absolute atomic E-state index is 12.8. The van der Waals surface area contributed by atoms with E-state index >= 15 is 0 Å². The van der Waals surface area contributed by atoms with Crippen LogP contribution in [0.3, 0.4) is 0 Å². The topological polar surface area (TPSA) is 70.7 Å². The number of rotatable bonds is 6. The van der Waals surface area contributed by atoms with Crippen LogP contribution < -0.4 is 9.47 Å². The predicted molar refractivity (Wildman–Crippen MR) is 107 cm³/mol. The molecule has 1 saturated heterocycles. The number of aromatic nitrogens is 2. The van der Waals surface area contributed by atoms with Crippen molar-refractivity contribution in [3.8, 4) is 11.5 Å². The first-order valence-corrected chi connectivity index (χ1v) is 9.44. The van der Waals surface area contributed by atoms with Gasteiger partial charge >= 0.3 is 0 Å². The van der Waals surface area contributed by atoms with E-state index in [1.807, 2.05) is 41.3 Å². The number of amides is 1. The molecule has 0 radical (unpaired) electrons. The van der Waals surface area contributed by atoms with Crippen LogP contribution in [0.2, 0.25) is 0 Å². The smallest absolute Gasteiger partial charge is 0.270 e. The van der Waals surface area contributed by atoms with Gasteiger partial charge in [0, 0.05) is 49.8 Å². The summed E-state index contributed by atoms with van der Waals surface area (Å²) in [6, 6.07) is 11.4. The molecule has 1 N–H and O–H groups in total. The first-order valence-electron chi connectivity index (χ1n) is 9.44. The summed E-state index contributed by atoms with van der Waals surface area (Å²) in [5.41, 5.74) is 1.56.